The van der Waals surface area contributed by atoms with Crippen LogP contribution in [0.1, 0.15) is 28.4 Å². The molecule has 2 aromatic carbocycles. The third kappa shape index (κ3) is 4.79. The summed E-state index contributed by atoms with van der Waals surface area (Å²) in [5, 5.41) is 60.6. The van der Waals surface area contributed by atoms with Crippen molar-refractivity contribution in [2.24, 2.45) is 0 Å². The van der Waals surface area contributed by atoms with Crippen molar-refractivity contribution in [3.63, 3.8) is 0 Å². The average Bonchev–Trinajstić information content (AvgIpc) is 2.73. The Hall–Kier alpha value is -2.78. The molecule has 0 aromatic heterocycles. The van der Waals surface area contributed by atoms with Gasteiger partial charge in [0.2, 0.25) is 6.29 Å². The topological polar surface area (TPSA) is 186 Å². The number of hydrogen-bond acceptors (Lipinski definition) is 11. The number of aliphatic carboxylic acids is 1. The molecular weight excluding hydrogens is 435 g/mol. The van der Waals surface area contributed by atoms with Crippen LogP contribution in [-0.2, 0) is 9.53 Å². The van der Waals surface area contributed by atoms with Gasteiger partial charge in [-0.25, -0.2) is 0 Å². The van der Waals surface area contributed by atoms with Crippen molar-refractivity contribution in [2.75, 3.05) is 0 Å². The summed E-state index contributed by atoms with van der Waals surface area (Å²) in [6.07, 6.45) is -10.2. The predicted molar refractivity (Wildman–Crippen MR) is 101 cm³/mol. The van der Waals surface area contributed by atoms with Crippen LogP contribution in [0.3, 0.4) is 0 Å². The third-order valence-electron chi connectivity index (χ3n) is 5.29. The van der Waals surface area contributed by atoms with Crippen LogP contribution in [0, 0.1) is 0 Å². The van der Waals surface area contributed by atoms with E-state index >= 15 is 0 Å². The van der Waals surface area contributed by atoms with Gasteiger partial charge in [0.05, 0.1) is 12.4 Å². The van der Waals surface area contributed by atoms with Crippen molar-refractivity contribution in [1.29, 1.82) is 0 Å². The fourth-order valence-corrected chi connectivity index (χ4v) is 3.63. The molecule has 0 radical (unpaired) electrons. The molecule has 11 nitrogen and oxygen atoms in total. The third-order valence-corrected chi connectivity index (χ3v) is 5.29. The van der Waals surface area contributed by atoms with Crippen LogP contribution in [0.2, 0.25) is 0 Å². The van der Waals surface area contributed by atoms with Gasteiger partial charge in [-0.15, -0.1) is 0 Å². The van der Waals surface area contributed by atoms with Crippen molar-refractivity contribution in [1.82, 2.24) is 0 Å². The zero-order valence-electron chi connectivity index (χ0n) is 17.3. The Labute approximate surface area is 198 Å². The number of ether oxygens (including phenoxy) is 3. The molecule has 2 heterocycles. The van der Waals surface area contributed by atoms with E-state index < -0.39 is 54.3 Å². The molecule has 5 N–H and O–H groups in total. The number of phenols is 2. The van der Waals surface area contributed by atoms with E-state index in [0.29, 0.717) is 5.56 Å². The molecule has 0 aliphatic carbocycles. The number of carbonyl (C=O) groups excluding carboxylic acids is 2. The van der Waals surface area contributed by atoms with E-state index in [1.54, 1.807) is 12.1 Å². The van der Waals surface area contributed by atoms with E-state index in [2.05, 4.69) is 0 Å². The van der Waals surface area contributed by atoms with Gasteiger partial charge in [-0.1, -0.05) is 12.1 Å². The number of carbonyl (C=O) groups is 2. The SMILES string of the molecule is O=C1CC(c2ccc(O)cc2)Oc2cc(O[C@@H]3O[C@H](C(=O)[O-])[C@@H](O)[C@H](O)[C@H]3O)cc(O)c21.[Li+]. The Kier molecular flexibility index (Phi) is 7.23. The molecule has 1 fully saturated rings. The molecule has 0 amide bonds. The first-order valence-corrected chi connectivity index (χ1v) is 9.58. The molecule has 2 aliphatic heterocycles. The Bertz CT molecular complexity index is 1040. The van der Waals surface area contributed by atoms with E-state index in [1.807, 2.05) is 0 Å². The van der Waals surface area contributed by atoms with Gasteiger partial charge in [0.25, 0.3) is 0 Å². The van der Waals surface area contributed by atoms with Crippen LogP contribution in [0.4, 0.5) is 0 Å². The number of aliphatic hydroxyl groups is 3. The van der Waals surface area contributed by atoms with Gasteiger partial charge in [0.15, 0.2) is 5.78 Å². The standard InChI is InChI=1S/C21H20O11.Li/c22-9-3-1-8(2-4-9)13-7-12(24)15-11(23)5-10(6-14(15)31-13)30-21-18(27)16(25)17(26)19(32-21)20(28)29;/h1-6,13,16-19,21-23,25-27H,7H2,(H,28,29);/q;+1/p-1/t13?,16-,17-,18+,19-,21+;/m0./s1. The second-order valence-electron chi connectivity index (χ2n) is 7.47. The van der Waals surface area contributed by atoms with Crippen molar-refractivity contribution in [3.8, 4) is 23.0 Å². The zero-order valence-corrected chi connectivity index (χ0v) is 17.3. The number of aromatic hydroxyl groups is 2. The summed E-state index contributed by atoms with van der Waals surface area (Å²) in [5.74, 6) is -2.86. The molecule has 1 unspecified atom stereocenters. The minimum atomic E-state index is -1.97. The van der Waals surface area contributed by atoms with Gasteiger partial charge in [-0.05, 0) is 17.7 Å². The minimum Gasteiger partial charge on any atom is -0.547 e. The summed E-state index contributed by atoms with van der Waals surface area (Å²) in [6, 6.07) is 8.31. The number of aliphatic hydroxyl groups excluding tert-OH is 3. The van der Waals surface area contributed by atoms with Crippen molar-refractivity contribution < 1.29 is 73.3 Å². The summed E-state index contributed by atoms with van der Waals surface area (Å²) in [5.41, 5.74) is 0.521. The molecule has 2 aromatic rings. The van der Waals surface area contributed by atoms with Crippen molar-refractivity contribution in [3.05, 3.63) is 47.5 Å². The number of rotatable bonds is 4. The molecule has 4 rings (SSSR count). The fraction of sp³-hybridized carbons (Fsp3) is 0.333. The maximum atomic E-state index is 12.6. The second kappa shape index (κ2) is 9.60. The Morgan fingerprint density at radius 1 is 1.03 bits per heavy atom. The number of phenolic OH excluding ortho intramolecular Hbond substituents is 2. The predicted octanol–water partition coefficient (Wildman–Crippen LogP) is -4.26. The quantitative estimate of drug-likeness (QED) is 0.282. The smallest absolute Gasteiger partial charge is 0.547 e. The van der Waals surface area contributed by atoms with Crippen molar-refractivity contribution >= 4 is 11.8 Å². The first-order valence-electron chi connectivity index (χ1n) is 9.58. The monoisotopic (exact) mass is 454 g/mol. The van der Waals surface area contributed by atoms with Gasteiger partial charge < -0.3 is 49.6 Å². The zero-order chi connectivity index (χ0) is 23.2. The summed E-state index contributed by atoms with van der Waals surface area (Å²) >= 11 is 0. The Morgan fingerprint density at radius 2 is 1.70 bits per heavy atom. The van der Waals surface area contributed by atoms with Crippen LogP contribution in [-0.4, -0.2) is 68.0 Å². The van der Waals surface area contributed by atoms with Gasteiger partial charge in [0, 0.05) is 12.1 Å². The number of Topliss-reactive ketones (excluding diaryl/α,β-unsaturated/α-hetero) is 1. The van der Waals surface area contributed by atoms with E-state index in [1.165, 1.54) is 18.2 Å². The van der Waals surface area contributed by atoms with E-state index in [9.17, 15) is 40.2 Å². The number of carboxylic acid groups (broad SMARTS) is 1. The molecule has 170 valence electrons. The van der Waals surface area contributed by atoms with E-state index in [4.69, 9.17) is 14.2 Å². The normalized spacial score (nSPS) is 28.8. The molecule has 12 heteroatoms. The summed E-state index contributed by atoms with van der Waals surface area (Å²) in [6.45, 7) is 0. The first-order chi connectivity index (χ1) is 15.2. The molecule has 33 heavy (non-hydrogen) atoms. The molecule has 0 saturated carbocycles. The number of fused-ring (bicyclic) bond motifs is 1. The maximum absolute atomic E-state index is 12.6. The fourth-order valence-electron chi connectivity index (χ4n) is 3.63. The number of hydrogen-bond donors (Lipinski definition) is 5. The van der Waals surface area contributed by atoms with Crippen LogP contribution >= 0.6 is 0 Å². The molecule has 0 spiro atoms. The van der Waals surface area contributed by atoms with E-state index in [-0.39, 0.29) is 48.1 Å². The van der Waals surface area contributed by atoms with Gasteiger partial charge in [-0.2, -0.15) is 0 Å². The number of carboxylic acids is 1. The van der Waals surface area contributed by atoms with Crippen LogP contribution in [0.25, 0.3) is 0 Å². The second-order valence-corrected chi connectivity index (χ2v) is 7.47. The van der Waals surface area contributed by atoms with Crippen LogP contribution in [0.15, 0.2) is 36.4 Å². The summed E-state index contributed by atoms with van der Waals surface area (Å²) in [4.78, 5) is 23.7. The number of ketones is 1. The van der Waals surface area contributed by atoms with Crippen LogP contribution < -0.4 is 33.4 Å². The number of benzene rings is 2. The van der Waals surface area contributed by atoms with Crippen molar-refractivity contribution in [2.45, 2.75) is 43.2 Å². The summed E-state index contributed by atoms with van der Waals surface area (Å²) in [7, 11) is 0. The average molecular weight is 454 g/mol. The maximum Gasteiger partial charge on any atom is 1.00 e. The van der Waals surface area contributed by atoms with Gasteiger partial charge in [-0.3, -0.25) is 4.79 Å². The van der Waals surface area contributed by atoms with Crippen LogP contribution in [0.5, 0.6) is 23.0 Å². The molecular formula is C21H19LiO11. The molecule has 0 bridgehead atoms. The summed E-state index contributed by atoms with van der Waals surface area (Å²) < 4.78 is 16.2. The minimum absolute atomic E-state index is 0. The Balaban J connectivity index is 0.00000306. The first kappa shape index (κ1) is 24.9. The van der Waals surface area contributed by atoms with Gasteiger partial charge >= 0.3 is 18.9 Å². The molecule has 6 atom stereocenters. The molecule has 2 aliphatic rings. The Morgan fingerprint density at radius 3 is 2.33 bits per heavy atom. The van der Waals surface area contributed by atoms with E-state index in [0.717, 1.165) is 6.07 Å². The largest absolute Gasteiger partial charge is 1.00 e. The van der Waals surface area contributed by atoms with Gasteiger partial charge in [0.1, 0.15) is 59.1 Å². The molecule has 1 saturated heterocycles.